The molecule has 18 heavy (non-hydrogen) atoms. The van der Waals surface area contributed by atoms with E-state index >= 15 is 0 Å². The number of carbonyl (C=O) groups is 1. The molecular formula is C13H18ClNO2S. The lowest BCUT2D eigenvalue weighted by atomic mass is 10.2. The first-order chi connectivity index (χ1) is 8.52. The quantitative estimate of drug-likeness (QED) is 0.644. The Hall–Kier alpha value is -0.710. The maximum Gasteiger partial charge on any atom is 0.315 e. The predicted octanol–water partition coefficient (Wildman–Crippen LogP) is 3.10. The summed E-state index contributed by atoms with van der Waals surface area (Å²) in [7, 11) is 1.39. The van der Waals surface area contributed by atoms with Gasteiger partial charge in [0.2, 0.25) is 0 Å². The molecule has 1 aromatic carbocycles. The first-order valence-corrected chi connectivity index (χ1v) is 7.10. The first kappa shape index (κ1) is 15.3. The third-order valence-electron chi connectivity index (χ3n) is 2.30. The van der Waals surface area contributed by atoms with Gasteiger partial charge in [-0.05, 0) is 23.8 Å². The molecule has 1 aromatic rings. The largest absolute Gasteiger partial charge is 0.468 e. The Morgan fingerprint density at radius 3 is 2.83 bits per heavy atom. The van der Waals surface area contributed by atoms with Crippen LogP contribution in [0.3, 0.4) is 0 Å². The van der Waals surface area contributed by atoms with E-state index in [1.54, 1.807) is 0 Å². The van der Waals surface area contributed by atoms with Gasteiger partial charge in [-0.25, -0.2) is 0 Å². The van der Waals surface area contributed by atoms with Gasteiger partial charge >= 0.3 is 5.97 Å². The zero-order chi connectivity index (χ0) is 13.5. The summed E-state index contributed by atoms with van der Waals surface area (Å²) in [4.78, 5) is 12.2. The fraction of sp³-hybridized carbons (Fsp3) is 0.462. The molecule has 0 fully saturated rings. The van der Waals surface area contributed by atoms with Gasteiger partial charge in [0, 0.05) is 22.5 Å². The van der Waals surface area contributed by atoms with Crippen LogP contribution in [-0.2, 0) is 16.1 Å². The highest BCUT2D eigenvalue weighted by Gasteiger charge is 2.08. The van der Waals surface area contributed by atoms with Gasteiger partial charge in [0.15, 0.2) is 0 Å². The Bertz CT molecular complexity index is 410. The number of hydrogen-bond acceptors (Lipinski definition) is 4. The molecule has 0 spiro atoms. The molecule has 100 valence electrons. The molecule has 0 radical (unpaired) electrons. The minimum absolute atomic E-state index is 0.224. The van der Waals surface area contributed by atoms with Crippen LogP contribution in [0, 0.1) is 0 Å². The molecule has 0 saturated heterocycles. The number of halogens is 1. The standard InChI is InChI=1S/C13H18ClNO2S/c1-9(2)15-7-10-6-11(14)4-5-12(10)18-8-13(16)17-3/h4-6,9,15H,7-8H2,1-3H3. The Labute approximate surface area is 117 Å². The third-order valence-corrected chi connectivity index (χ3v) is 3.62. The minimum atomic E-state index is -0.224. The second-order valence-electron chi connectivity index (χ2n) is 4.15. The van der Waals surface area contributed by atoms with Gasteiger partial charge in [0.1, 0.15) is 0 Å². The van der Waals surface area contributed by atoms with Crippen LogP contribution in [0.5, 0.6) is 0 Å². The SMILES string of the molecule is COC(=O)CSc1ccc(Cl)cc1CNC(C)C. The fourth-order valence-corrected chi connectivity index (χ4v) is 2.40. The van der Waals surface area contributed by atoms with Crippen LogP contribution in [0.1, 0.15) is 19.4 Å². The van der Waals surface area contributed by atoms with Gasteiger partial charge in [0.05, 0.1) is 12.9 Å². The van der Waals surface area contributed by atoms with Crippen molar-refractivity contribution in [3.05, 3.63) is 28.8 Å². The molecule has 3 nitrogen and oxygen atoms in total. The zero-order valence-corrected chi connectivity index (χ0v) is 12.4. The Kier molecular flexibility index (Phi) is 6.54. The van der Waals surface area contributed by atoms with E-state index in [1.165, 1.54) is 18.9 Å². The van der Waals surface area contributed by atoms with Crippen molar-refractivity contribution >= 4 is 29.3 Å². The van der Waals surface area contributed by atoms with Gasteiger partial charge < -0.3 is 10.1 Å². The zero-order valence-electron chi connectivity index (χ0n) is 10.8. The summed E-state index contributed by atoms with van der Waals surface area (Å²) in [5, 5.41) is 4.05. The van der Waals surface area contributed by atoms with Crippen LogP contribution in [0.2, 0.25) is 5.02 Å². The summed E-state index contributed by atoms with van der Waals surface area (Å²) in [5.74, 6) is 0.0880. The van der Waals surface area contributed by atoms with E-state index in [9.17, 15) is 4.79 Å². The average Bonchev–Trinajstić information content (AvgIpc) is 2.34. The maximum atomic E-state index is 11.1. The summed E-state index contributed by atoms with van der Waals surface area (Å²) < 4.78 is 4.63. The molecule has 0 atom stereocenters. The van der Waals surface area contributed by atoms with Gasteiger partial charge in [-0.2, -0.15) is 0 Å². The molecule has 0 aromatic heterocycles. The molecule has 0 amide bonds. The van der Waals surface area contributed by atoms with Crippen LogP contribution in [0.15, 0.2) is 23.1 Å². The lowest BCUT2D eigenvalue weighted by Crippen LogP contribution is -2.22. The van der Waals surface area contributed by atoms with Gasteiger partial charge in [-0.15, -0.1) is 11.8 Å². The van der Waals surface area contributed by atoms with Crippen LogP contribution in [0.25, 0.3) is 0 Å². The molecule has 5 heteroatoms. The summed E-state index contributed by atoms with van der Waals surface area (Å²) in [6.45, 7) is 4.92. The van der Waals surface area contributed by atoms with Crippen molar-refractivity contribution in [3.8, 4) is 0 Å². The fourth-order valence-electron chi connectivity index (χ4n) is 1.34. The smallest absolute Gasteiger partial charge is 0.315 e. The number of esters is 1. The monoisotopic (exact) mass is 287 g/mol. The lowest BCUT2D eigenvalue weighted by Gasteiger charge is -2.12. The maximum absolute atomic E-state index is 11.1. The number of rotatable bonds is 6. The highest BCUT2D eigenvalue weighted by molar-refractivity contribution is 8.00. The predicted molar refractivity (Wildman–Crippen MR) is 76.2 cm³/mol. The van der Waals surface area contributed by atoms with Crippen LogP contribution < -0.4 is 5.32 Å². The molecule has 0 heterocycles. The van der Waals surface area contributed by atoms with E-state index < -0.39 is 0 Å². The summed E-state index contributed by atoms with van der Waals surface area (Å²) in [5.41, 5.74) is 1.10. The highest BCUT2D eigenvalue weighted by atomic mass is 35.5. The van der Waals surface area contributed by atoms with Crippen LogP contribution in [0.4, 0.5) is 0 Å². The Balaban J connectivity index is 2.72. The van der Waals surface area contributed by atoms with Gasteiger partial charge in [-0.3, -0.25) is 4.79 Å². The third kappa shape index (κ3) is 5.29. The van der Waals surface area contributed by atoms with E-state index in [4.69, 9.17) is 11.6 Å². The number of benzene rings is 1. The number of nitrogens with one attached hydrogen (secondary N) is 1. The number of ether oxygens (including phenoxy) is 1. The summed E-state index contributed by atoms with van der Waals surface area (Å²) in [6.07, 6.45) is 0. The lowest BCUT2D eigenvalue weighted by molar-refractivity contribution is -0.137. The molecule has 0 unspecified atom stereocenters. The van der Waals surface area contributed by atoms with E-state index in [-0.39, 0.29) is 5.97 Å². The molecule has 1 N–H and O–H groups in total. The van der Waals surface area contributed by atoms with E-state index in [2.05, 4.69) is 23.9 Å². The van der Waals surface area contributed by atoms with Crippen molar-refractivity contribution in [1.82, 2.24) is 5.32 Å². The average molecular weight is 288 g/mol. The normalized spacial score (nSPS) is 10.7. The minimum Gasteiger partial charge on any atom is -0.468 e. The topological polar surface area (TPSA) is 38.3 Å². The molecule has 0 aliphatic rings. The molecule has 1 rings (SSSR count). The number of methoxy groups -OCH3 is 1. The second kappa shape index (κ2) is 7.67. The molecular weight excluding hydrogens is 270 g/mol. The molecule has 0 bridgehead atoms. The van der Waals surface area contributed by atoms with Crippen molar-refractivity contribution < 1.29 is 9.53 Å². The van der Waals surface area contributed by atoms with E-state index in [0.717, 1.165) is 17.0 Å². The summed E-state index contributed by atoms with van der Waals surface area (Å²) in [6, 6.07) is 6.10. The van der Waals surface area contributed by atoms with Crippen molar-refractivity contribution in [2.75, 3.05) is 12.9 Å². The molecule has 0 aliphatic carbocycles. The van der Waals surface area contributed by atoms with Crippen molar-refractivity contribution in [2.24, 2.45) is 0 Å². The number of thioether (sulfide) groups is 1. The molecule has 0 saturated carbocycles. The van der Waals surface area contributed by atoms with Crippen molar-refractivity contribution in [3.63, 3.8) is 0 Å². The number of hydrogen-bond donors (Lipinski definition) is 1. The second-order valence-corrected chi connectivity index (χ2v) is 5.61. The highest BCUT2D eigenvalue weighted by Crippen LogP contribution is 2.26. The van der Waals surface area contributed by atoms with Gasteiger partial charge in [0.25, 0.3) is 0 Å². The van der Waals surface area contributed by atoms with Crippen LogP contribution in [-0.4, -0.2) is 24.9 Å². The van der Waals surface area contributed by atoms with Crippen molar-refractivity contribution in [2.45, 2.75) is 31.3 Å². The van der Waals surface area contributed by atoms with Gasteiger partial charge in [-0.1, -0.05) is 25.4 Å². The number of carbonyl (C=O) groups excluding carboxylic acids is 1. The first-order valence-electron chi connectivity index (χ1n) is 5.74. The Morgan fingerprint density at radius 1 is 1.50 bits per heavy atom. The van der Waals surface area contributed by atoms with E-state index in [1.807, 2.05) is 18.2 Å². The van der Waals surface area contributed by atoms with Crippen LogP contribution >= 0.6 is 23.4 Å². The van der Waals surface area contributed by atoms with Crippen molar-refractivity contribution in [1.29, 1.82) is 0 Å². The Morgan fingerprint density at radius 2 is 2.22 bits per heavy atom. The molecule has 0 aliphatic heterocycles. The van der Waals surface area contributed by atoms with E-state index in [0.29, 0.717) is 16.8 Å². The summed E-state index contributed by atoms with van der Waals surface area (Å²) >= 11 is 7.46.